The number of anilines is 2. The van der Waals surface area contributed by atoms with E-state index in [2.05, 4.69) is 34.6 Å². The molecule has 202 valence electrons. The lowest BCUT2D eigenvalue weighted by Gasteiger charge is -2.47. The van der Waals surface area contributed by atoms with Gasteiger partial charge in [0.15, 0.2) is 6.23 Å². The van der Waals surface area contributed by atoms with Gasteiger partial charge in [0.2, 0.25) is 0 Å². The Kier molecular flexibility index (Phi) is 8.59. The molecule has 3 heterocycles. The van der Waals surface area contributed by atoms with Crippen molar-refractivity contribution in [3.8, 4) is 0 Å². The molecular weight excluding hydrogens is 465 g/mol. The topological polar surface area (TPSA) is 78.5 Å². The van der Waals surface area contributed by atoms with Crippen molar-refractivity contribution in [3.05, 3.63) is 24.0 Å². The van der Waals surface area contributed by atoms with Crippen LogP contribution in [-0.2, 0) is 14.4 Å². The number of amides is 1. The Hall–Kier alpha value is -2.14. The number of nitrogens with one attached hydrogen (secondary N) is 2. The molecular formula is C26H42FN5O4. The zero-order valence-corrected chi connectivity index (χ0v) is 22.3. The van der Waals surface area contributed by atoms with Gasteiger partial charge >= 0.3 is 6.09 Å². The van der Waals surface area contributed by atoms with Crippen LogP contribution >= 0.6 is 0 Å². The molecule has 9 nitrogen and oxygen atoms in total. The predicted octanol–water partition coefficient (Wildman–Crippen LogP) is 3.97. The highest BCUT2D eigenvalue weighted by Gasteiger charge is 2.34. The molecule has 1 amide bonds. The average molecular weight is 508 g/mol. The summed E-state index contributed by atoms with van der Waals surface area (Å²) >= 11 is 0. The fourth-order valence-electron chi connectivity index (χ4n) is 5.34. The number of piperazine rings is 1. The van der Waals surface area contributed by atoms with E-state index in [1.165, 1.54) is 6.07 Å². The Labute approximate surface area is 214 Å². The minimum absolute atomic E-state index is 0.212. The second-order valence-corrected chi connectivity index (χ2v) is 11.3. The van der Waals surface area contributed by atoms with Crippen LogP contribution in [0.3, 0.4) is 0 Å². The van der Waals surface area contributed by atoms with Gasteiger partial charge in [-0.3, -0.25) is 14.6 Å². The maximum absolute atomic E-state index is 15.1. The van der Waals surface area contributed by atoms with E-state index in [1.807, 2.05) is 37.8 Å². The Balaban J connectivity index is 1.28. The number of nitrogens with zero attached hydrogens (tertiary/aromatic N) is 3. The molecule has 0 spiro atoms. The molecule has 1 unspecified atom stereocenters. The lowest BCUT2D eigenvalue weighted by atomic mass is 9.94. The number of hydrogen-bond donors (Lipinski definition) is 2. The van der Waals surface area contributed by atoms with E-state index in [4.69, 9.17) is 14.4 Å². The van der Waals surface area contributed by atoms with Gasteiger partial charge in [-0.05, 0) is 71.6 Å². The summed E-state index contributed by atoms with van der Waals surface area (Å²) in [5.74, 6) is 0.312. The van der Waals surface area contributed by atoms with E-state index >= 15 is 4.39 Å². The van der Waals surface area contributed by atoms with Gasteiger partial charge in [-0.2, -0.15) is 0 Å². The molecule has 0 aliphatic carbocycles. The van der Waals surface area contributed by atoms with Crippen LogP contribution in [-0.4, -0.2) is 79.1 Å². The van der Waals surface area contributed by atoms with Crippen molar-refractivity contribution >= 4 is 17.5 Å². The van der Waals surface area contributed by atoms with E-state index in [-0.39, 0.29) is 18.1 Å². The van der Waals surface area contributed by atoms with Crippen LogP contribution in [0.15, 0.2) is 18.2 Å². The number of halogens is 1. The van der Waals surface area contributed by atoms with Gasteiger partial charge in [-0.25, -0.2) is 9.18 Å². The number of carbonyl (C=O) groups excluding carboxylic acids is 1. The Morgan fingerprint density at radius 3 is 2.44 bits per heavy atom. The van der Waals surface area contributed by atoms with Crippen LogP contribution in [0.25, 0.3) is 0 Å². The maximum atomic E-state index is 15.1. The van der Waals surface area contributed by atoms with Crippen molar-refractivity contribution in [1.82, 2.24) is 15.4 Å². The summed E-state index contributed by atoms with van der Waals surface area (Å²) in [6.45, 7) is 14.7. The molecule has 10 heteroatoms. The predicted molar refractivity (Wildman–Crippen MR) is 137 cm³/mol. The summed E-state index contributed by atoms with van der Waals surface area (Å²) in [5.41, 5.74) is 3.25. The summed E-state index contributed by atoms with van der Waals surface area (Å²) in [5, 5.41) is 3.18. The quantitative estimate of drug-likeness (QED) is 0.620. The zero-order valence-electron chi connectivity index (χ0n) is 22.3. The first-order chi connectivity index (χ1) is 17.1. The van der Waals surface area contributed by atoms with Crippen LogP contribution in [0, 0.1) is 11.7 Å². The summed E-state index contributed by atoms with van der Waals surface area (Å²) in [6, 6.07) is 5.89. The molecule has 36 heavy (non-hydrogen) atoms. The van der Waals surface area contributed by atoms with Gasteiger partial charge in [0.1, 0.15) is 11.4 Å². The third-order valence-electron chi connectivity index (χ3n) is 7.18. The van der Waals surface area contributed by atoms with E-state index in [0.717, 1.165) is 45.6 Å². The largest absolute Gasteiger partial charge is 0.444 e. The van der Waals surface area contributed by atoms with Crippen molar-refractivity contribution in [2.45, 2.75) is 77.8 Å². The van der Waals surface area contributed by atoms with Crippen molar-refractivity contribution in [3.63, 3.8) is 0 Å². The van der Waals surface area contributed by atoms with Crippen LogP contribution in [0.5, 0.6) is 0 Å². The highest BCUT2D eigenvalue weighted by atomic mass is 19.1. The first kappa shape index (κ1) is 26.9. The van der Waals surface area contributed by atoms with Crippen molar-refractivity contribution in [2.75, 3.05) is 49.5 Å². The van der Waals surface area contributed by atoms with Crippen LogP contribution in [0.4, 0.5) is 20.6 Å². The molecule has 0 bridgehead atoms. The SMILES string of the molecule is C[C@@H]1CN(c2ccc(NC3CCONO3)cc2F)C[C@H](C)N1CC1CCN(C(=O)OC(C)(C)C)CC1. The third kappa shape index (κ3) is 7.00. The van der Waals surface area contributed by atoms with Gasteiger partial charge in [0, 0.05) is 56.9 Å². The second-order valence-electron chi connectivity index (χ2n) is 11.3. The minimum Gasteiger partial charge on any atom is -0.444 e. The number of benzene rings is 1. The van der Waals surface area contributed by atoms with Gasteiger partial charge < -0.3 is 19.9 Å². The molecule has 4 rings (SSSR count). The van der Waals surface area contributed by atoms with E-state index < -0.39 is 5.60 Å². The second kappa shape index (κ2) is 11.5. The average Bonchev–Trinajstić information content (AvgIpc) is 2.81. The first-order valence-corrected chi connectivity index (χ1v) is 13.2. The van der Waals surface area contributed by atoms with Crippen LogP contribution in [0.1, 0.15) is 53.9 Å². The van der Waals surface area contributed by atoms with Crippen molar-refractivity contribution in [2.24, 2.45) is 5.92 Å². The molecule has 3 aliphatic heterocycles. The zero-order chi connectivity index (χ0) is 25.9. The molecule has 0 aromatic heterocycles. The summed E-state index contributed by atoms with van der Waals surface area (Å²) in [4.78, 5) is 29.1. The Morgan fingerprint density at radius 1 is 1.17 bits per heavy atom. The monoisotopic (exact) mass is 507 g/mol. The van der Waals surface area contributed by atoms with Gasteiger partial charge in [-0.15, -0.1) is 0 Å². The highest BCUT2D eigenvalue weighted by Crippen LogP contribution is 2.29. The van der Waals surface area contributed by atoms with Crippen molar-refractivity contribution in [1.29, 1.82) is 0 Å². The van der Waals surface area contributed by atoms with Crippen molar-refractivity contribution < 1.29 is 23.6 Å². The molecule has 3 aliphatic rings. The maximum Gasteiger partial charge on any atom is 0.410 e. The fraction of sp³-hybridized carbons (Fsp3) is 0.731. The van der Waals surface area contributed by atoms with Crippen LogP contribution < -0.4 is 15.9 Å². The molecule has 0 saturated carbocycles. The number of rotatable bonds is 5. The molecule has 3 fully saturated rings. The van der Waals surface area contributed by atoms with Gasteiger partial charge in [-0.1, -0.05) is 5.64 Å². The number of likely N-dealkylation sites (tertiary alicyclic amines) is 1. The fourth-order valence-corrected chi connectivity index (χ4v) is 5.34. The van der Waals surface area contributed by atoms with Crippen LogP contribution in [0.2, 0.25) is 0 Å². The molecule has 3 saturated heterocycles. The van der Waals surface area contributed by atoms with E-state index in [9.17, 15) is 4.79 Å². The van der Waals surface area contributed by atoms with Gasteiger partial charge in [0.25, 0.3) is 0 Å². The third-order valence-corrected chi connectivity index (χ3v) is 7.18. The smallest absolute Gasteiger partial charge is 0.410 e. The first-order valence-electron chi connectivity index (χ1n) is 13.2. The number of ether oxygens (including phenoxy) is 1. The summed E-state index contributed by atoms with van der Waals surface area (Å²) < 4.78 is 20.6. The highest BCUT2D eigenvalue weighted by molar-refractivity contribution is 5.68. The lowest BCUT2D eigenvalue weighted by molar-refractivity contribution is -0.231. The Morgan fingerprint density at radius 2 is 1.86 bits per heavy atom. The molecule has 3 atom stereocenters. The van der Waals surface area contributed by atoms with Gasteiger partial charge in [0.05, 0.1) is 12.3 Å². The summed E-state index contributed by atoms with van der Waals surface area (Å²) in [7, 11) is 0. The standard InChI is InChI=1S/C26H42FN5O4/c1-18-15-31(23-7-6-21(14-22(23)27)28-24-10-13-34-29-36-24)16-19(2)32(18)17-20-8-11-30(12-9-20)25(33)35-26(3,4)5/h6-7,14,18-20,24,28-29H,8-13,15-17H2,1-5H3/t18-,19+,24?. The normalized spacial score (nSPS) is 26.7. The number of piperidine rings is 1. The number of carbonyl (C=O) groups is 1. The minimum atomic E-state index is -0.467. The molecule has 0 radical (unpaired) electrons. The van der Waals surface area contributed by atoms with E-state index in [0.29, 0.717) is 42.4 Å². The van der Waals surface area contributed by atoms with E-state index in [1.54, 1.807) is 0 Å². The molecule has 1 aromatic carbocycles. The molecule has 1 aromatic rings. The molecule has 2 N–H and O–H groups in total. The summed E-state index contributed by atoms with van der Waals surface area (Å²) in [6.07, 6.45) is 2.16. The Bertz CT molecular complexity index is 872. The lowest BCUT2D eigenvalue weighted by Crippen LogP contribution is -2.58. The number of hydrogen-bond acceptors (Lipinski definition) is 8.